The number of phenols is 1. The third-order valence-electron chi connectivity index (χ3n) is 3.74. The number of rotatable bonds is 9. The summed E-state index contributed by atoms with van der Waals surface area (Å²) < 4.78 is 10.4. The van der Waals surface area contributed by atoms with Crippen LogP contribution in [0.5, 0.6) is 5.75 Å². The highest BCUT2D eigenvalue weighted by Crippen LogP contribution is 2.33. The van der Waals surface area contributed by atoms with E-state index in [1.807, 2.05) is 12.1 Å². The van der Waals surface area contributed by atoms with Gasteiger partial charge in [-0.2, -0.15) is 0 Å². The lowest BCUT2D eigenvalue weighted by Gasteiger charge is -2.14. The second-order valence-electron chi connectivity index (χ2n) is 5.24. The minimum absolute atomic E-state index is 0.373. The molecule has 0 amide bonds. The minimum atomic E-state index is 0.373. The molecule has 112 valence electrons. The van der Waals surface area contributed by atoms with Gasteiger partial charge in [0.15, 0.2) is 0 Å². The average Bonchev–Trinajstić information content (AvgIpc) is 2.84. The normalized spacial score (nSPS) is 17.4. The van der Waals surface area contributed by atoms with Crippen molar-refractivity contribution in [3.63, 3.8) is 0 Å². The third kappa shape index (κ3) is 4.47. The summed E-state index contributed by atoms with van der Waals surface area (Å²) in [6.45, 7) is 3.17. The molecule has 1 aromatic rings. The highest BCUT2D eigenvalue weighted by molar-refractivity contribution is 5.39. The Kier molecular flexibility index (Phi) is 6.30. The number of benzene rings is 1. The molecule has 0 aromatic heterocycles. The first-order valence-electron chi connectivity index (χ1n) is 7.43. The number of fused-ring (bicyclic) bond motifs is 1. The summed E-state index contributed by atoms with van der Waals surface area (Å²) in [5.74, 6) is 0.373. The van der Waals surface area contributed by atoms with Gasteiger partial charge in [0.25, 0.3) is 0 Å². The summed E-state index contributed by atoms with van der Waals surface area (Å²) in [5.41, 5.74) is 2.63. The number of hydrogen-bond acceptors (Lipinski definition) is 4. The first-order chi connectivity index (χ1) is 9.81. The van der Waals surface area contributed by atoms with Gasteiger partial charge in [0.2, 0.25) is 0 Å². The topological polar surface area (TPSA) is 50.7 Å². The van der Waals surface area contributed by atoms with Crippen molar-refractivity contribution in [1.82, 2.24) is 5.32 Å². The van der Waals surface area contributed by atoms with Crippen molar-refractivity contribution < 1.29 is 14.6 Å². The fourth-order valence-electron chi connectivity index (χ4n) is 2.67. The van der Waals surface area contributed by atoms with Crippen LogP contribution in [0.25, 0.3) is 0 Å². The monoisotopic (exact) mass is 279 g/mol. The summed E-state index contributed by atoms with van der Waals surface area (Å²) in [5, 5.41) is 13.1. The smallest absolute Gasteiger partial charge is 0.115 e. The van der Waals surface area contributed by atoms with Crippen LogP contribution in [0.3, 0.4) is 0 Å². The van der Waals surface area contributed by atoms with Crippen molar-refractivity contribution in [2.24, 2.45) is 0 Å². The second kappa shape index (κ2) is 8.25. The number of methoxy groups -OCH3 is 1. The number of aromatic hydroxyl groups is 1. The van der Waals surface area contributed by atoms with E-state index in [4.69, 9.17) is 9.47 Å². The molecule has 1 aromatic carbocycles. The molecule has 0 bridgehead atoms. The number of hydrogen-bond donors (Lipinski definition) is 2. The maximum absolute atomic E-state index is 9.47. The van der Waals surface area contributed by atoms with Gasteiger partial charge in [0.1, 0.15) is 5.75 Å². The zero-order chi connectivity index (χ0) is 14.2. The zero-order valence-electron chi connectivity index (χ0n) is 12.2. The van der Waals surface area contributed by atoms with E-state index < -0.39 is 0 Å². The molecule has 1 unspecified atom stereocenters. The number of phenolic OH excluding ortho intramolecular Hbond substituents is 1. The van der Waals surface area contributed by atoms with Crippen LogP contribution >= 0.6 is 0 Å². The molecule has 4 heteroatoms. The first kappa shape index (κ1) is 15.3. The second-order valence-corrected chi connectivity index (χ2v) is 5.24. The maximum atomic E-state index is 9.47. The fourth-order valence-corrected chi connectivity index (χ4v) is 2.67. The van der Waals surface area contributed by atoms with E-state index in [0.29, 0.717) is 25.0 Å². The summed E-state index contributed by atoms with van der Waals surface area (Å²) in [6, 6.07) is 6.16. The number of aryl methyl sites for hydroxylation is 1. The van der Waals surface area contributed by atoms with E-state index in [1.54, 1.807) is 13.2 Å². The molecular weight excluding hydrogens is 254 g/mol. The van der Waals surface area contributed by atoms with E-state index in [2.05, 4.69) is 5.32 Å². The molecule has 2 N–H and O–H groups in total. The van der Waals surface area contributed by atoms with Gasteiger partial charge >= 0.3 is 0 Å². The van der Waals surface area contributed by atoms with E-state index >= 15 is 0 Å². The van der Waals surface area contributed by atoms with E-state index in [9.17, 15) is 5.11 Å². The van der Waals surface area contributed by atoms with Gasteiger partial charge in [0, 0.05) is 19.8 Å². The molecule has 0 fully saturated rings. The van der Waals surface area contributed by atoms with Crippen LogP contribution in [0.4, 0.5) is 0 Å². The molecule has 1 atom stereocenters. The standard InChI is InChI=1S/C16H25NO3/c1-19-10-11-20-9-3-2-8-17-16-7-4-13-12-14(18)5-6-15(13)16/h5-6,12,16-18H,2-4,7-11H2,1H3. The van der Waals surface area contributed by atoms with Crippen LogP contribution in [-0.4, -0.2) is 38.6 Å². The highest BCUT2D eigenvalue weighted by atomic mass is 16.5. The van der Waals surface area contributed by atoms with Crippen LogP contribution in [0, 0.1) is 0 Å². The molecule has 0 heterocycles. The van der Waals surface area contributed by atoms with Crippen molar-refractivity contribution in [3.8, 4) is 5.75 Å². The van der Waals surface area contributed by atoms with Crippen molar-refractivity contribution >= 4 is 0 Å². The van der Waals surface area contributed by atoms with E-state index in [1.165, 1.54) is 11.1 Å². The molecule has 20 heavy (non-hydrogen) atoms. The Balaban J connectivity index is 1.60. The van der Waals surface area contributed by atoms with Crippen LogP contribution in [-0.2, 0) is 15.9 Å². The van der Waals surface area contributed by atoms with Crippen LogP contribution in [0.2, 0.25) is 0 Å². The largest absolute Gasteiger partial charge is 0.508 e. The quantitative estimate of drug-likeness (QED) is 0.682. The Labute approximate surface area is 121 Å². The lowest BCUT2D eigenvalue weighted by Crippen LogP contribution is -2.20. The van der Waals surface area contributed by atoms with Crippen LogP contribution in [0.1, 0.15) is 36.4 Å². The lowest BCUT2D eigenvalue weighted by atomic mass is 10.1. The molecule has 0 saturated carbocycles. The summed E-state index contributed by atoms with van der Waals surface area (Å²) >= 11 is 0. The predicted octanol–water partition coefficient (Wildman–Crippen LogP) is 2.41. The summed E-state index contributed by atoms with van der Waals surface area (Å²) in [4.78, 5) is 0. The van der Waals surface area contributed by atoms with Crippen molar-refractivity contribution in [3.05, 3.63) is 29.3 Å². The van der Waals surface area contributed by atoms with Gasteiger partial charge in [-0.15, -0.1) is 0 Å². The van der Waals surface area contributed by atoms with Gasteiger partial charge in [0.05, 0.1) is 13.2 Å². The lowest BCUT2D eigenvalue weighted by molar-refractivity contribution is 0.0687. The van der Waals surface area contributed by atoms with Gasteiger partial charge in [-0.1, -0.05) is 6.07 Å². The maximum Gasteiger partial charge on any atom is 0.115 e. The fraction of sp³-hybridized carbons (Fsp3) is 0.625. The van der Waals surface area contributed by atoms with Crippen molar-refractivity contribution in [2.75, 3.05) is 33.5 Å². The molecule has 0 saturated heterocycles. The van der Waals surface area contributed by atoms with Crippen molar-refractivity contribution in [2.45, 2.75) is 31.7 Å². The average molecular weight is 279 g/mol. The van der Waals surface area contributed by atoms with Crippen LogP contribution < -0.4 is 5.32 Å². The summed E-state index contributed by atoms with van der Waals surface area (Å²) in [7, 11) is 1.69. The Bertz CT molecular complexity index is 409. The number of ether oxygens (including phenoxy) is 2. The van der Waals surface area contributed by atoms with Gasteiger partial charge < -0.3 is 19.9 Å². The van der Waals surface area contributed by atoms with E-state index in [-0.39, 0.29) is 0 Å². The SMILES string of the molecule is COCCOCCCCNC1CCc2cc(O)ccc21. The van der Waals surface area contributed by atoms with E-state index in [0.717, 1.165) is 38.8 Å². The molecule has 0 radical (unpaired) electrons. The van der Waals surface area contributed by atoms with Gasteiger partial charge in [-0.3, -0.25) is 0 Å². The van der Waals surface area contributed by atoms with Gasteiger partial charge in [-0.25, -0.2) is 0 Å². The molecule has 1 aliphatic carbocycles. The highest BCUT2D eigenvalue weighted by Gasteiger charge is 2.21. The molecule has 4 nitrogen and oxygen atoms in total. The number of unbranched alkanes of at least 4 members (excludes halogenated alkanes) is 1. The molecule has 0 aliphatic heterocycles. The zero-order valence-corrected chi connectivity index (χ0v) is 12.2. The van der Waals surface area contributed by atoms with Gasteiger partial charge in [-0.05, 0) is 55.5 Å². The van der Waals surface area contributed by atoms with Crippen molar-refractivity contribution in [1.29, 1.82) is 0 Å². The Morgan fingerprint density at radius 3 is 3.00 bits per heavy atom. The Morgan fingerprint density at radius 2 is 2.15 bits per heavy atom. The minimum Gasteiger partial charge on any atom is -0.508 e. The molecule has 2 rings (SSSR count). The molecule has 0 spiro atoms. The molecule has 1 aliphatic rings. The summed E-state index contributed by atoms with van der Waals surface area (Å²) in [6.07, 6.45) is 4.38. The molecular formula is C16H25NO3. The number of nitrogens with one attached hydrogen (secondary N) is 1. The first-order valence-corrected chi connectivity index (χ1v) is 7.43. The predicted molar refractivity (Wildman–Crippen MR) is 79.1 cm³/mol. The Hall–Kier alpha value is -1.10. The van der Waals surface area contributed by atoms with Crippen LogP contribution in [0.15, 0.2) is 18.2 Å². The third-order valence-corrected chi connectivity index (χ3v) is 3.74. The Morgan fingerprint density at radius 1 is 1.25 bits per heavy atom.